The van der Waals surface area contributed by atoms with Crippen molar-refractivity contribution in [1.82, 2.24) is 10.2 Å². The van der Waals surface area contributed by atoms with Crippen LogP contribution in [0, 0.1) is 13.8 Å². The first-order valence-electron chi connectivity index (χ1n) is 11.7. The molecule has 1 saturated heterocycles. The summed E-state index contributed by atoms with van der Waals surface area (Å²) in [6, 6.07) is 15.7. The van der Waals surface area contributed by atoms with E-state index in [-0.39, 0.29) is 11.9 Å². The zero-order valence-corrected chi connectivity index (χ0v) is 20.0. The van der Waals surface area contributed by atoms with Gasteiger partial charge in [0, 0.05) is 6.54 Å². The molecule has 1 amide bonds. The van der Waals surface area contributed by atoms with Gasteiger partial charge < -0.3 is 5.32 Å². The SMILES string of the molecule is Cc1ccc(C)c(S(=O)(=O)C2(C(=O)NCC(c3ccccc3)N3CCCC3)CCCC2)c1. The van der Waals surface area contributed by atoms with E-state index in [1.165, 1.54) is 0 Å². The van der Waals surface area contributed by atoms with Crippen LogP contribution in [-0.2, 0) is 14.6 Å². The number of benzene rings is 2. The van der Waals surface area contributed by atoms with E-state index in [0.29, 0.717) is 29.8 Å². The summed E-state index contributed by atoms with van der Waals surface area (Å²) in [6.45, 7) is 6.13. The minimum absolute atomic E-state index is 0.0597. The molecule has 1 atom stereocenters. The monoisotopic (exact) mass is 454 g/mol. The molecule has 172 valence electrons. The molecule has 0 spiro atoms. The first-order chi connectivity index (χ1) is 15.3. The second kappa shape index (κ2) is 9.36. The van der Waals surface area contributed by atoms with Gasteiger partial charge in [0.15, 0.2) is 14.6 Å². The molecule has 0 radical (unpaired) electrons. The molecule has 1 N–H and O–H groups in total. The van der Waals surface area contributed by atoms with Gasteiger partial charge in [-0.3, -0.25) is 9.69 Å². The third-order valence-electron chi connectivity index (χ3n) is 7.19. The summed E-state index contributed by atoms with van der Waals surface area (Å²) < 4.78 is 26.4. The summed E-state index contributed by atoms with van der Waals surface area (Å²) in [5.41, 5.74) is 2.75. The number of rotatable bonds is 7. The highest BCUT2D eigenvalue weighted by molar-refractivity contribution is 7.93. The number of likely N-dealkylation sites (tertiary alicyclic amines) is 1. The van der Waals surface area contributed by atoms with Crippen LogP contribution in [0.2, 0.25) is 0 Å². The van der Waals surface area contributed by atoms with Crippen molar-refractivity contribution >= 4 is 15.7 Å². The van der Waals surface area contributed by atoms with E-state index in [1.54, 1.807) is 6.07 Å². The van der Waals surface area contributed by atoms with Gasteiger partial charge in [-0.2, -0.15) is 0 Å². The maximum atomic E-state index is 13.9. The molecule has 4 rings (SSSR count). The van der Waals surface area contributed by atoms with Crippen LogP contribution < -0.4 is 5.32 Å². The number of amides is 1. The zero-order chi connectivity index (χ0) is 22.8. The third-order valence-corrected chi connectivity index (χ3v) is 9.84. The van der Waals surface area contributed by atoms with Crippen molar-refractivity contribution in [2.75, 3.05) is 19.6 Å². The Kier molecular flexibility index (Phi) is 6.72. The number of nitrogens with zero attached hydrogens (tertiary/aromatic N) is 1. The van der Waals surface area contributed by atoms with Crippen LogP contribution in [0.4, 0.5) is 0 Å². The molecule has 0 bridgehead atoms. The number of carbonyl (C=O) groups is 1. The highest BCUT2D eigenvalue weighted by atomic mass is 32.2. The van der Waals surface area contributed by atoms with E-state index in [2.05, 4.69) is 22.3 Å². The van der Waals surface area contributed by atoms with Crippen molar-refractivity contribution in [3.05, 3.63) is 65.2 Å². The minimum atomic E-state index is -3.81. The molecule has 2 aromatic rings. The van der Waals surface area contributed by atoms with Crippen LogP contribution in [0.5, 0.6) is 0 Å². The standard InChI is InChI=1S/C26H34N2O3S/c1-20-12-13-21(2)24(18-20)32(30,31)26(14-6-7-15-26)25(29)27-19-23(28-16-8-9-17-28)22-10-4-3-5-11-22/h3-5,10-13,18,23H,6-9,14-17,19H2,1-2H3,(H,27,29). The maximum absolute atomic E-state index is 13.9. The first-order valence-corrected chi connectivity index (χ1v) is 13.2. The maximum Gasteiger partial charge on any atom is 0.241 e. The summed E-state index contributed by atoms with van der Waals surface area (Å²) in [4.78, 5) is 16.3. The molecule has 6 heteroatoms. The molecule has 1 aliphatic heterocycles. The predicted octanol–water partition coefficient (Wildman–Crippen LogP) is 4.34. The second-order valence-electron chi connectivity index (χ2n) is 9.35. The molecule has 5 nitrogen and oxygen atoms in total. The molecular weight excluding hydrogens is 420 g/mol. The van der Waals surface area contributed by atoms with Gasteiger partial charge in [-0.15, -0.1) is 0 Å². The smallest absolute Gasteiger partial charge is 0.241 e. The van der Waals surface area contributed by atoms with Gasteiger partial charge in [0.05, 0.1) is 10.9 Å². The Hall–Kier alpha value is -2.18. The van der Waals surface area contributed by atoms with E-state index >= 15 is 0 Å². The predicted molar refractivity (Wildman–Crippen MR) is 127 cm³/mol. The number of aryl methyl sites for hydroxylation is 2. The van der Waals surface area contributed by atoms with Crippen LogP contribution in [0.25, 0.3) is 0 Å². The summed E-state index contributed by atoms with van der Waals surface area (Å²) >= 11 is 0. The van der Waals surface area contributed by atoms with Crippen LogP contribution >= 0.6 is 0 Å². The average Bonchev–Trinajstić information content (AvgIpc) is 3.49. The van der Waals surface area contributed by atoms with Crippen molar-refractivity contribution < 1.29 is 13.2 Å². The highest BCUT2D eigenvalue weighted by Crippen LogP contribution is 2.42. The lowest BCUT2D eigenvalue weighted by molar-refractivity contribution is -0.123. The second-order valence-corrected chi connectivity index (χ2v) is 11.6. The lowest BCUT2D eigenvalue weighted by Crippen LogP contribution is -2.52. The first kappa shape index (κ1) is 23.0. The fourth-order valence-corrected chi connectivity index (χ4v) is 7.70. The quantitative estimate of drug-likeness (QED) is 0.676. The summed E-state index contributed by atoms with van der Waals surface area (Å²) in [5, 5.41) is 3.09. The molecule has 1 saturated carbocycles. The van der Waals surface area contributed by atoms with E-state index in [4.69, 9.17) is 0 Å². The van der Waals surface area contributed by atoms with E-state index < -0.39 is 14.6 Å². The summed E-state index contributed by atoms with van der Waals surface area (Å²) in [5.74, 6) is -0.337. The van der Waals surface area contributed by atoms with Crippen molar-refractivity contribution in [3.8, 4) is 0 Å². The molecule has 1 aliphatic carbocycles. The largest absolute Gasteiger partial charge is 0.353 e. The topological polar surface area (TPSA) is 66.5 Å². The van der Waals surface area contributed by atoms with Gasteiger partial charge in [-0.1, -0.05) is 55.3 Å². The summed E-state index contributed by atoms with van der Waals surface area (Å²) in [6.07, 6.45) is 4.59. The minimum Gasteiger partial charge on any atom is -0.353 e. The van der Waals surface area contributed by atoms with Gasteiger partial charge in [-0.05, 0) is 75.4 Å². The van der Waals surface area contributed by atoms with Crippen LogP contribution in [0.3, 0.4) is 0 Å². The Morgan fingerprint density at radius 3 is 2.31 bits per heavy atom. The van der Waals surface area contributed by atoms with Gasteiger partial charge >= 0.3 is 0 Å². The number of hydrogen-bond acceptors (Lipinski definition) is 4. The molecule has 2 aliphatic rings. The van der Waals surface area contributed by atoms with Crippen molar-refractivity contribution in [2.45, 2.75) is 68.1 Å². The number of hydrogen-bond donors (Lipinski definition) is 1. The molecular formula is C26H34N2O3S. The van der Waals surface area contributed by atoms with Crippen molar-refractivity contribution in [2.24, 2.45) is 0 Å². The van der Waals surface area contributed by atoms with Crippen molar-refractivity contribution in [1.29, 1.82) is 0 Å². The Labute approximate surface area is 192 Å². The number of sulfone groups is 1. The fourth-order valence-electron chi connectivity index (χ4n) is 5.31. The summed E-state index contributed by atoms with van der Waals surface area (Å²) in [7, 11) is -3.81. The Morgan fingerprint density at radius 2 is 1.66 bits per heavy atom. The fraction of sp³-hybridized carbons (Fsp3) is 0.500. The molecule has 32 heavy (non-hydrogen) atoms. The highest BCUT2D eigenvalue weighted by Gasteiger charge is 2.53. The van der Waals surface area contributed by atoms with Crippen LogP contribution in [-0.4, -0.2) is 43.6 Å². The van der Waals surface area contributed by atoms with Gasteiger partial charge in [0.1, 0.15) is 0 Å². The molecule has 1 heterocycles. The average molecular weight is 455 g/mol. The van der Waals surface area contributed by atoms with Gasteiger partial charge in [-0.25, -0.2) is 8.42 Å². The van der Waals surface area contributed by atoms with E-state index in [1.807, 2.05) is 44.2 Å². The zero-order valence-electron chi connectivity index (χ0n) is 19.1. The molecule has 2 aromatic carbocycles. The van der Waals surface area contributed by atoms with Crippen LogP contribution in [0.1, 0.15) is 61.3 Å². The number of nitrogens with one attached hydrogen (secondary N) is 1. The number of carbonyl (C=O) groups excluding carboxylic acids is 1. The molecule has 1 unspecified atom stereocenters. The Morgan fingerprint density at radius 1 is 1.00 bits per heavy atom. The molecule has 0 aromatic heterocycles. The Bertz CT molecular complexity index is 1050. The lowest BCUT2D eigenvalue weighted by atomic mass is 10.0. The van der Waals surface area contributed by atoms with Gasteiger partial charge in [0.2, 0.25) is 5.91 Å². The van der Waals surface area contributed by atoms with E-state index in [9.17, 15) is 13.2 Å². The van der Waals surface area contributed by atoms with Crippen molar-refractivity contribution in [3.63, 3.8) is 0 Å². The normalized spacial score (nSPS) is 19.7. The lowest BCUT2D eigenvalue weighted by Gasteiger charge is -2.32. The van der Waals surface area contributed by atoms with E-state index in [0.717, 1.165) is 49.9 Å². The Balaban J connectivity index is 1.61. The third kappa shape index (κ3) is 4.23. The molecule has 2 fully saturated rings. The van der Waals surface area contributed by atoms with Crippen LogP contribution in [0.15, 0.2) is 53.4 Å². The van der Waals surface area contributed by atoms with Gasteiger partial charge in [0.25, 0.3) is 0 Å².